The number of sulfonamides is 1. The molecule has 0 spiro atoms. The molecule has 2 aromatic rings. The van der Waals surface area contributed by atoms with Crippen molar-refractivity contribution in [3.05, 3.63) is 58.1 Å². The smallest absolute Gasteiger partial charge is 0.240 e. The highest BCUT2D eigenvalue weighted by Crippen LogP contribution is 2.22. The van der Waals surface area contributed by atoms with Gasteiger partial charge in [0.2, 0.25) is 10.0 Å². The number of rotatable bonds is 6. The van der Waals surface area contributed by atoms with Crippen LogP contribution >= 0.6 is 11.6 Å². The van der Waals surface area contributed by atoms with Gasteiger partial charge in [-0.25, -0.2) is 13.1 Å². The highest BCUT2D eigenvalue weighted by atomic mass is 35.5. The van der Waals surface area contributed by atoms with E-state index in [-0.39, 0.29) is 18.0 Å². The Hall–Kier alpha value is -1.56. The van der Waals surface area contributed by atoms with Crippen LogP contribution in [-0.4, -0.2) is 21.6 Å². The molecule has 1 N–H and O–H groups in total. The zero-order chi connectivity index (χ0) is 17.0. The topological polar surface area (TPSA) is 55.4 Å². The molecule has 0 unspecified atom stereocenters. The van der Waals surface area contributed by atoms with E-state index in [2.05, 4.69) is 10.8 Å². The van der Waals surface area contributed by atoms with Crippen molar-refractivity contribution in [1.29, 1.82) is 0 Å². The van der Waals surface area contributed by atoms with Gasteiger partial charge in [-0.2, -0.15) is 0 Å². The van der Waals surface area contributed by atoms with Crippen LogP contribution in [0.1, 0.15) is 16.7 Å². The minimum Gasteiger partial charge on any atom is -0.492 e. The lowest BCUT2D eigenvalue weighted by atomic mass is 10.1. The van der Waals surface area contributed by atoms with Gasteiger partial charge in [0.05, 0.1) is 4.90 Å². The predicted octanol–water partition coefficient (Wildman–Crippen LogP) is 3.62. The summed E-state index contributed by atoms with van der Waals surface area (Å²) in [5.41, 5.74) is 3.38. The van der Waals surface area contributed by atoms with Crippen LogP contribution < -0.4 is 9.46 Å². The molecule has 2 aromatic carbocycles. The maximum Gasteiger partial charge on any atom is 0.240 e. The molecule has 0 amide bonds. The van der Waals surface area contributed by atoms with Gasteiger partial charge in [-0.3, -0.25) is 0 Å². The lowest BCUT2D eigenvalue weighted by Crippen LogP contribution is -2.28. The Morgan fingerprint density at radius 2 is 1.74 bits per heavy atom. The Bertz CT molecular complexity index is 803. The summed E-state index contributed by atoms with van der Waals surface area (Å²) in [6.07, 6.45) is 0. The minimum absolute atomic E-state index is 0.146. The number of benzene rings is 2. The van der Waals surface area contributed by atoms with E-state index in [9.17, 15) is 8.42 Å². The van der Waals surface area contributed by atoms with Crippen LogP contribution in [0.25, 0.3) is 0 Å². The van der Waals surface area contributed by atoms with Gasteiger partial charge >= 0.3 is 0 Å². The summed E-state index contributed by atoms with van der Waals surface area (Å²) in [5.74, 6) is 0.773. The molecule has 0 radical (unpaired) electrons. The monoisotopic (exact) mass is 353 g/mol. The van der Waals surface area contributed by atoms with Crippen LogP contribution in [-0.2, 0) is 10.0 Å². The maximum absolute atomic E-state index is 12.1. The van der Waals surface area contributed by atoms with E-state index in [0.29, 0.717) is 5.02 Å². The Morgan fingerprint density at radius 3 is 2.43 bits per heavy atom. The van der Waals surface area contributed by atoms with Gasteiger partial charge in [-0.1, -0.05) is 23.7 Å². The molecule has 0 heterocycles. The normalized spacial score (nSPS) is 11.5. The molecule has 124 valence electrons. The molecule has 0 fully saturated rings. The largest absolute Gasteiger partial charge is 0.492 e. The first-order valence-electron chi connectivity index (χ1n) is 7.25. The standard InChI is InChI=1S/C17H20ClNO3S/c1-12-9-14(3)17(10-13(12)2)22-8-7-19-23(20,21)16-6-4-5-15(18)11-16/h4-6,9-11,19H,7-8H2,1-3H3. The van der Waals surface area contributed by atoms with E-state index in [1.54, 1.807) is 12.1 Å². The molecule has 0 aliphatic carbocycles. The molecule has 0 aromatic heterocycles. The zero-order valence-corrected chi connectivity index (χ0v) is 15.0. The second-order valence-electron chi connectivity index (χ2n) is 5.41. The van der Waals surface area contributed by atoms with Gasteiger partial charge in [0, 0.05) is 11.6 Å². The molecular weight excluding hydrogens is 334 g/mol. The summed E-state index contributed by atoms with van der Waals surface area (Å²) in [5, 5.41) is 0.384. The highest BCUT2D eigenvalue weighted by Gasteiger charge is 2.13. The van der Waals surface area contributed by atoms with Crippen molar-refractivity contribution in [2.24, 2.45) is 0 Å². The Morgan fingerprint density at radius 1 is 1.04 bits per heavy atom. The first kappa shape index (κ1) is 17.8. The number of halogens is 1. The minimum atomic E-state index is -3.58. The maximum atomic E-state index is 12.1. The van der Waals surface area contributed by atoms with Crippen LogP contribution in [0.4, 0.5) is 0 Å². The molecule has 0 bridgehead atoms. The fourth-order valence-electron chi connectivity index (χ4n) is 2.14. The molecule has 2 rings (SSSR count). The van der Waals surface area contributed by atoms with Crippen molar-refractivity contribution < 1.29 is 13.2 Å². The van der Waals surface area contributed by atoms with Crippen molar-refractivity contribution in [2.75, 3.05) is 13.2 Å². The molecule has 6 heteroatoms. The van der Waals surface area contributed by atoms with E-state index in [4.69, 9.17) is 16.3 Å². The van der Waals surface area contributed by atoms with E-state index in [0.717, 1.165) is 16.9 Å². The Kier molecular flexibility index (Phi) is 5.68. The SMILES string of the molecule is Cc1cc(C)c(OCCNS(=O)(=O)c2cccc(Cl)c2)cc1C. The summed E-state index contributed by atoms with van der Waals surface area (Å²) < 4.78 is 32.5. The molecule has 0 aliphatic rings. The third kappa shape index (κ3) is 4.70. The number of aryl methyl sites for hydroxylation is 3. The summed E-state index contributed by atoms with van der Waals surface area (Å²) in [7, 11) is -3.58. The van der Waals surface area contributed by atoms with Gasteiger partial charge in [0.15, 0.2) is 0 Å². The van der Waals surface area contributed by atoms with E-state index >= 15 is 0 Å². The summed E-state index contributed by atoms with van der Waals surface area (Å²) in [6, 6.07) is 10.2. The highest BCUT2D eigenvalue weighted by molar-refractivity contribution is 7.89. The second-order valence-corrected chi connectivity index (χ2v) is 7.61. The summed E-state index contributed by atoms with van der Waals surface area (Å²) in [4.78, 5) is 0.146. The summed E-state index contributed by atoms with van der Waals surface area (Å²) >= 11 is 5.82. The van der Waals surface area contributed by atoms with Crippen molar-refractivity contribution >= 4 is 21.6 Å². The van der Waals surface area contributed by atoms with Gasteiger partial charge in [0.25, 0.3) is 0 Å². The van der Waals surface area contributed by atoms with Crippen molar-refractivity contribution in [2.45, 2.75) is 25.7 Å². The quantitative estimate of drug-likeness (QED) is 0.807. The molecule has 0 atom stereocenters. The fraction of sp³-hybridized carbons (Fsp3) is 0.294. The van der Waals surface area contributed by atoms with Gasteiger partial charge < -0.3 is 4.74 Å². The molecule has 0 saturated heterocycles. The zero-order valence-electron chi connectivity index (χ0n) is 13.4. The lowest BCUT2D eigenvalue weighted by molar-refractivity contribution is 0.320. The van der Waals surface area contributed by atoms with Crippen LogP contribution in [0.15, 0.2) is 41.3 Å². The van der Waals surface area contributed by atoms with Crippen LogP contribution in [0.3, 0.4) is 0 Å². The third-order valence-electron chi connectivity index (χ3n) is 3.55. The number of hydrogen-bond acceptors (Lipinski definition) is 3. The molecular formula is C17H20ClNO3S. The van der Waals surface area contributed by atoms with Crippen LogP contribution in [0, 0.1) is 20.8 Å². The van der Waals surface area contributed by atoms with E-state index in [1.807, 2.05) is 26.8 Å². The first-order valence-corrected chi connectivity index (χ1v) is 9.11. The third-order valence-corrected chi connectivity index (χ3v) is 5.24. The molecule has 0 saturated carbocycles. The Labute approximate surface area is 142 Å². The number of hydrogen-bond donors (Lipinski definition) is 1. The fourth-order valence-corrected chi connectivity index (χ4v) is 3.46. The molecule has 23 heavy (non-hydrogen) atoms. The van der Waals surface area contributed by atoms with Gasteiger partial charge in [0.1, 0.15) is 12.4 Å². The van der Waals surface area contributed by atoms with Crippen molar-refractivity contribution in [1.82, 2.24) is 4.72 Å². The Balaban J connectivity index is 1.94. The number of nitrogens with one attached hydrogen (secondary N) is 1. The average molecular weight is 354 g/mol. The molecule has 4 nitrogen and oxygen atoms in total. The van der Waals surface area contributed by atoms with Crippen LogP contribution in [0.5, 0.6) is 5.75 Å². The van der Waals surface area contributed by atoms with Gasteiger partial charge in [-0.15, -0.1) is 0 Å². The lowest BCUT2D eigenvalue weighted by Gasteiger charge is -2.12. The van der Waals surface area contributed by atoms with Crippen LogP contribution in [0.2, 0.25) is 5.02 Å². The predicted molar refractivity (Wildman–Crippen MR) is 92.8 cm³/mol. The van der Waals surface area contributed by atoms with Crippen molar-refractivity contribution in [3.63, 3.8) is 0 Å². The average Bonchev–Trinajstić information content (AvgIpc) is 2.48. The van der Waals surface area contributed by atoms with Gasteiger partial charge in [-0.05, 0) is 61.7 Å². The molecule has 0 aliphatic heterocycles. The van der Waals surface area contributed by atoms with E-state index in [1.165, 1.54) is 17.7 Å². The van der Waals surface area contributed by atoms with Crippen molar-refractivity contribution in [3.8, 4) is 5.75 Å². The number of ether oxygens (including phenoxy) is 1. The second kappa shape index (κ2) is 7.34. The summed E-state index contributed by atoms with van der Waals surface area (Å²) in [6.45, 7) is 6.47. The first-order chi connectivity index (χ1) is 10.8. The van der Waals surface area contributed by atoms with E-state index < -0.39 is 10.0 Å².